The molecule has 3 aromatic heterocycles. The van der Waals surface area contributed by atoms with Crippen LogP contribution in [0.3, 0.4) is 0 Å². The van der Waals surface area contributed by atoms with Crippen LogP contribution in [0.1, 0.15) is 24.7 Å². The predicted octanol–water partition coefficient (Wildman–Crippen LogP) is 2.96. The largest absolute Gasteiger partial charge is 0.469 e. The standard InChI is InChI=1S/C22H22N4O4/c1-2-15-5-7-16(8-6-15)19-20-21(30-25-19)22(28)26(14-24-20)12-10-18(27)23-11-9-17-4-3-13-29-17/h3-8,13-14H,2,9-12H2,1H3,(H,23,27). The van der Waals surface area contributed by atoms with Crippen LogP contribution in [0.4, 0.5) is 0 Å². The zero-order valence-electron chi connectivity index (χ0n) is 16.6. The lowest BCUT2D eigenvalue weighted by Crippen LogP contribution is -2.28. The van der Waals surface area contributed by atoms with E-state index in [2.05, 4.69) is 22.4 Å². The summed E-state index contributed by atoms with van der Waals surface area (Å²) in [6, 6.07) is 11.6. The number of nitrogens with zero attached hydrogens (tertiary/aromatic N) is 3. The Kier molecular flexibility index (Phi) is 5.74. The zero-order valence-corrected chi connectivity index (χ0v) is 16.6. The van der Waals surface area contributed by atoms with Crippen LogP contribution in [0.15, 0.2) is 62.7 Å². The lowest BCUT2D eigenvalue weighted by molar-refractivity contribution is -0.121. The number of aromatic nitrogens is 3. The summed E-state index contributed by atoms with van der Waals surface area (Å²) in [5.41, 5.74) is 2.74. The minimum absolute atomic E-state index is 0.0882. The molecule has 1 amide bonds. The Morgan fingerprint density at radius 1 is 1.20 bits per heavy atom. The van der Waals surface area contributed by atoms with Crippen LogP contribution in [-0.2, 0) is 24.2 Å². The van der Waals surface area contributed by atoms with Gasteiger partial charge in [-0.15, -0.1) is 0 Å². The Morgan fingerprint density at radius 3 is 2.77 bits per heavy atom. The van der Waals surface area contributed by atoms with Crippen molar-refractivity contribution in [2.75, 3.05) is 6.54 Å². The second-order valence-electron chi connectivity index (χ2n) is 6.93. The number of carbonyl (C=O) groups is 1. The number of hydrogen-bond acceptors (Lipinski definition) is 6. The van der Waals surface area contributed by atoms with Crippen LogP contribution in [-0.4, -0.2) is 27.2 Å². The van der Waals surface area contributed by atoms with Crippen LogP contribution < -0.4 is 10.9 Å². The average molecular weight is 406 g/mol. The molecule has 0 atom stereocenters. The lowest BCUT2D eigenvalue weighted by Gasteiger charge is -2.06. The fourth-order valence-electron chi connectivity index (χ4n) is 3.19. The van der Waals surface area contributed by atoms with Crippen LogP contribution >= 0.6 is 0 Å². The molecular formula is C22H22N4O4. The molecule has 8 nitrogen and oxygen atoms in total. The first-order valence-electron chi connectivity index (χ1n) is 9.89. The highest BCUT2D eigenvalue weighted by molar-refractivity contribution is 5.87. The zero-order chi connectivity index (χ0) is 20.9. The number of amides is 1. The number of hydrogen-bond donors (Lipinski definition) is 1. The molecule has 4 rings (SSSR count). The average Bonchev–Trinajstić information content (AvgIpc) is 3.44. The molecule has 1 N–H and O–H groups in total. The Hall–Kier alpha value is -3.68. The molecular weight excluding hydrogens is 384 g/mol. The minimum atomic E-state index is -0.354. The van der Waals surface area contributed by atoms with Crippen molar-refractivity contribution in [2.45, 2.75) is 32.7 Å². The Bertz CT molecular complexity index is 1190. The molecule has 0 fully saturated rings. The summed E-state index contributed by atoms with van der Waals surface area (Å²) in [6.45, 7) is 2.76. The summed E-state index contributed by atoms with van der Waals surface area (Å²) < 4.78 is 11.9. The molecule has 0 aliphatic rings. The van der Waals surface area contributed by atoms with E-state index in [-0.39, 0.29) is 30.0 Å². The monoisotopic (exact) mass is 406 g/mol. The van der Waals surface area contributed by atoms with Crippen LogP contribution in [0.25, 0.3) is 22.4 Å². The first-order chi connectivity index (χ1) is 14.7. The Labute approximate surface area is 172 Å². The van der Waals surface area contributed by atoms with Gasteiger partial charge in [-0.05, 0) is 24.1 Å². The first kappa shape index (κ1) is 19.6. The summed E-state index contributed by atoms with van der Waals surface area (Å²) in [6.07, 6.45) is 4.75. The van der Waals surface area contributed by atoms with Crippen molar-refractivity contribution in [2.24, 2.45) is 0 Å². The molecule has 0 aliphatic carbocycles. The maximum absolute atomic E-state index is 12.7. The number of furan rings is 1. The molecule has 8 heteroatoms. The molecule has 0 aliphatic heterocycles. The fourth-order valence-corrected chi connectivity index (χ4v) is 3.19. The van der Waals surface area contributed by atoms with Crippen LogP contribution in [0.5, 0.6) is 0 Å². The summed E-state index contributed by atoms with van der Waals surface area (Å²) in [4.78, 5) is 29.1. The minimum Gasteiger partial charge on any atom is -0.469 e. The van der Waals surface area contributed by atoms with Gasteiger partial charge in [0.25, 0.3) is 11.1 Å². The highest BCUT2D eigenvalue weighted by Crippen LogP contribution is 2.24. The van der Waals surface area contributed by atoms with Crippen molar-refractivity contribution in [1.82, 2.24) is 20.0 Å². The molecule has 3 heterocycles. The molecule has 0 bridgehead atoms. The van der Waals surface area contributed by atoms with Crippen LogP contribution in [0.2, 0.25) is 0 Å². The summed E-state index contributed by atoms with van der Waals surface area (Å²) in [5, 5.41) is 6.86. The van der Waals surface area contributed by atoms with E-state index in [1.54, 1.807) is 6.26 Å². The van der Waals surface area contributed by atoms with E-state index in [1.807, 2.05) is 36.4 Å². The van der Waals surface area contributed by atoms with Gasteiger partial charge < -0.3 is 14.3 Å². The van der Waals surface area contributed by atoms with Crippen molar-refractivity contribution in [3.05, 3.63) is 70.7 Å². The summed E-state index contributed by atoms with van der Waals surface area (Å²) in [5.74, 6) is 0.662. The van der Waals surface area contributed by atoms with Crippen molar-refractivity contribution < 1.29 is 13.7 Å². The summed E-state index contributed by atoms with van der Waals surface area (Å²) in [7, 11) is 0. The highest BCUT2D eigenvalue weighted by atomic mass is 16.5. The fraction of sp³-hybridized carbons (Fsp3) is 0.273. The van der Waals surface area contributed by atoms with Gasteiger partial charge in [-0.1, -0.05) is 36.3 Å². The van der Waals surface area contributed by atoms with Gasteiger partial charge in [-0.25, -0.2) is 4.98 Å². The number of carbonyl (C=O) groups excluding carboxylic acids is 1. The predicted molar refractivity (Wildman–Crippen MR) is 111 cm³/mol. The number of aryl methyl sites for hydroxylation is 2. The Morgan fingerprint density at radius 2 is 2.03 bits per heavy atom. The van der Waals surface area contributed by atoms with E-state index in [0.29, 0.717) is 24.2 Å². The third-order valence-electron chi connectivity index (χ3n) is 4.94. The second-order valence-corrected chi connectivity index (χ2v) is 6.93. The first-order valence-corrected chi connectivity index (χ1v) is 9.89. The third kappa shape index (κ3) is 4.17. The van der Waals surface area contributed by atoms with Gasteiger partial charge in [0.15, 0.2) is 0 Å². The van der Waals surface area contributed by atoms with Crippen molar-refractivity contribution in [3.63, 3.8) is 0 Å². The van der Waals surface area contributed by atoms with Crippen LogP contribution in [0, 0.1) is 0 Å². The topological polar surface area (TPSA) is 103 Å². The van der Waals surface area contributed by atoms with Gasteiger partial charge in [-0.2, -0.15) is 0 Å². The van der Waals surface area contributed by atoms with Gasteiger partial charge in [0.1, 0.15) is 17.0 Å². The molecule has 4 aromatic rings. The molecule has 0 radical (unpaired) electrons. The van der Waals surface area contributed by atoms with Crippen molar-refractivity contribution in [3.8, 4) is 11.3 Å². The maximum Gasteiger partial charge on any atom is 0.299 e. The van der Waals surface area contributed by atoms with Crippen molar-refractivity contribution >= 4 is 17.0 Å². The molecule has 0 saturated carbocycles. The van der Waals surface area contributed by atoms with E-state index in [1.165, 1.54) is 16.5 Å². The highest BCUT2D eigenvalue weighted by Gasteiger charge is 2.16. The van der Waals surface area contributed by atoms with Gasteiger partial charge in [0, 0.05) is 31.5 Å². The quantitative estimate of drug-likeness (QED) is 0.483. The molecule has 0 saturated heterocycles. The van der Waals surface area contributed by atoms with E-state index in [4.69, 9.17) is 8.94 Å². The van der Waals surface area contributed by atoms with E-state index >= 15 is 0 Å². The van der Waals surface area contributed by atoms with E-state index in [9.17, 15) is 9.59 Å². The maximum atomic E-state index is 12.7. The summed E-state index contributed by atoms with van der Waals surface area (Å²) >= 11 is 0. The van der Waals surface area contributed by atoms with E-state index in [0.717, 1.165) is 17.7 Å². The Balaban J connectivity index is 1.42. The van der Waals surface area contributed by atoms with E-state index < -0.39 is 0 Å². The molecule has 1 aromatic carbocycles. The third-order valence-corrected chi connectivity index (χ3v) is 4.94. The molecule has 30 heavy (non-hydrogen) atoms. The number of benzene rings is 1. The number of fused-ring (bicyclic) bond motifs is 1. The van der Waals surface area contributed by atoms with Gasteiger partial charge >= 0.3 is 0 Å². The lowest BCUT2D eigenvalue weighted by atomic mass is 10.1. The van der Waals surface area contributed by atoms with Gasteiger partial charge in [0.2, 0.25) is 5.91 Å². The number of rotatable bonds is 8. The molecule has 0 spiro atoms. The molecule has 154 valence electrons. The second kappa shape index (κ2) is 8.77. The van der Waals surface area contributed by atoms with Gasteiger partial charge in [-0.3, -0.25) is 14.2 Å². The smallest absolute Gasteiger partial charge is 0.299 e. The normalized spacial score (nSPS) is 11.1. The SMILES string of the molecule is CCc1ccc(-c2noc3c(=O)n(CCC(=O)NCCc4ccco4)cnc23)cc1. The number of nitrogens with one attached hydrogen (secondary N) is 1. The molecule has 0 unspecified atom stereocenters. The van der Waals surface area contributed by atoms with Gasteiger partial charge in [0.05, 0.1) is 12.6 Å². The van der Waals surface area contributed by atoms with Crippen molar-refractivity contribution in [1.29, 1.82) is 0 Å².